The molecule has 0 saturated heterocycles. The SMILES string of the molecule is N#CC1(C#N)C[C@H]2[C@H](c3ccc(Cl)cc3)[C@]3(C#N)c4ccccc4C=C[C@]23C1. The number of hydrogen-bond acceptors (Lipinski definition) is 3. The summed E-state index contributed by atoms with van der Waals surface area (Å²) >= 11 is 6.10. The first-order chi connectivity index (χ1) is 13.6. The van der Waals surface area contributed by atoms with Crippen LogP contribution in [0.2, 0.25) is 5.02 Å². The number of hydrogen-bond donors (Lipinski definition) is 0. The molecule has 2 fully saturated rings. The molecule has 0 N–H and O–H groups in total. The highest BCUT2D eigenvalue weighted by Crippen LogP contribution is 2.79. The fourth-order valence-corrected chi connectivity index (χ4v) is 6.28. The minimum absolute atomic E-state index is 0.0669. The fourth-order valence-electron chi connectivity index (χ4n) is 6.16. The van der Waals surface area contributed by atoms with Gasteiger partial charge >= 0.3 is 0 Å². The van der Waals surface area contributed by atoms with E-state index >= 15 is 0 Å². The maximum atomic E-state index is 10.6. The van der Waals surface area contributed by atoms with Gasteiger partial charge in [-0.3, -0.25) is 0 Å². The topological polar surface area (TPSA) is 71.4 Å². The summed E-state index contributed by atoms with van der Waals surface area (Å²) in [7, 11) is 0. The lowest BCUT2D eigenvalue weighted by Crippen LogP contribution is -2.64. The third-order valence-corrected chi connectivity index (χ3v) is 7.46. The first-order valence-electron chi connectivity index (χ1n) is 9.34. The van der Waals surface area contributed by atoms with E-state index in [1.807, 2.05) is 48.5 Å². The first-order valence-corrected chi connectivity index (χ1v) is 9.72. The van der Waals surface area contributed by atoms with Gasteiger partial charge in [-0.1, -0.05) is 60.2 Å². The summed E-state index contributed by atoms with van der Waals surface area (Å²) in [5, 5.41) is 30.9. The summed E-state index contributed by atoms with van der Waals surface area (Å²) in [6, 6.07) is 22.9. The predicted octanol–water partition coefficient (Wildman–Crippen LogP) is 5.36. The monoisotopic (exact) mass is 381 g/mol. The number of halogens is 1. The lowest BCUT2D eigenvalue weighted by Gasteiger charge is -2.65. The van der Waals surface area contributed by atoms with Crippen LogP contribution in [0.25, 0.3) is 6.08 Å². The van der Waals surface area contributed by atoms with Crippen molar-refractivity contribution in [1.29, 1.82) is 15.8 Å². The Bertz CT molecular complexity index is 1130. The lowest BCUT2D eigenvalue weighted by atomic mass is 9.35. The highest BCUT2D eigenvalue weighted by atomic mass is 35.5. The number of nitrogens with zero attached hydrogens (tertiary/aromatic N) is 3. The van der Waals surface area contributed by atoms with Gasteiger partial charge in [-0.2, -0.15) is 15.8 Å². The Kier molecular flexibility index (Phi) is 3.34. The Morgan fingerprint density at radius 2 is 1.64 bits per heavy atom. The molecule has 0 amide bonds. The van der Waals surface area contributed by atoms with Gasteiger partial charge in [-0.05, 0) is 47.6 Å². The largest absolute Gasteiger partial charge is 0.197 e. The molecule has 3 nitrogen and oxygen atoms in total. The molecule has 2 aromatic carbocycles. The van der Waals surface area contributed by atoms with Gasteiger partial charge < -0.3 is 0 Å². The van der Waals surface area contributed by atoms with E-state index in [9.17, 15) is 15.8 Å². The minimum atomic E-state index is -1.05. The normalized spacial score (nSPS) is 33.2. The summed E-state index contributed by atoms with van der Waals surface area (Å²) < 4.78 is 0. The Morgan fingerprint density at radius 3 is 2.32 bits per heavy atom. The second-order valence-electron chi connectivity index (χ2n) is 8.20. The maximum absolute atomic E-state index is 10.6. The molecule has 0 radical (unpaired) electrons. The number of allylic oxidation sites excluding steroid dienone is 1. The zero-order valence-corrected chi connectivity index (χ0v) is 15.8. The quantitative estimate of drug-likeness (QED) is 0.667. The Morgan fingerprint density at radius 1 is 0.929 bits per heavy atom. The van der Waals surface area contributed by atoms with Crippen LogP contribution in [0.5, 0.6) is 0 Å². The van der Waals surface area contributed by atoms with E-state index in [-0.39, 0.29) is 11.8 Å². The molecule has 3 aliphatic rings. The van der Waals surface area contributed by atoms with Crippen LogP contribution in [-0.2, 0) is 5.41 Å². The molecule has 3 aliphatic carbocycles. The highest BCUT2D eigenvalue weighted by molar-refractivity contribution is 6.30. The molecule has 1 spiro atoms. The lowest BCUT2D eigenvalue weighted by molar-refractivity contribution is -0.0134. The summed E-state index contributed by atoms with van der Waals surface area (Å²) in [5.41, 5.74) is 0.757. The highest BCUT2D eigenvalue weighted by Gasteiger charge is 2.78. The number of rotatable bonds is 1. The van der Waals surface area contributed by atoms with Gasteiger partial charge in [0.15, 0.2) is 0 Å². The van der Waals surface area contributed by atoms with Crippen molar-refractivity contribution in [1.82, 2.24) is 0 Å². The van der Waals surface area contributed by atoms with E-state index in [1.54, 1.807) is 0 Å². The van der Waals surface area contributed by atoms with Crippen LogP contribution < -0.4 is 0 Å². The van der Waals surface area contributed by atoms with Crippen molar-refractivity contribution >= 4 is 17.7 Å². The molecular formula is C24H16ClN3. The van der Waals surface area contributed by atoms with Gasteiger partial charge in [-0.25, -0.2) is 0 Å². The van der Waals surface area contributed by atoms with Crippen molar-refractivity contribution in [3.05, 3.63) is 76.3 Å². The van der Waals surface area contributed by atoms with E-state index in [0.29, 0.717) is 17.9 Å². The van der Waals surface area contributed by atoms with Gasteiger partial charge in [0.25, 0.3) is 0 Å². The molecule has 4 atom stereocenters. The van der Waals surface area contributed by atoms with Crippen molar-refractivity contribution in [2.75, 3.05) is 0 Å². The fraction of sp³-hybridized carbons (Fsp3) is 0.292. The average Bonchev–Trinajstić information content (AvgIpc) is 3.00. The standard InChI is InChI=1S/C24H16ClN3/c25-18-7-5-17(6-8-18)21-20-11-22(13-26,14-27)12-23(20)10-9-16-3-1-2-4-19(16)24(21,23)15-28/h1-10,20-21H,11-12H2/t20-,21-,23-,24-/m0/s1. The van der Waals surface area contributed by atoms with Crippen LogP contribution in [0.15, 0.2) is 54.6 Å². The van der Waals surface area contributed by atoms with Gasteiger partial charge in [0.2, 0.25) is 0 Å². The molecular weight excluding hydrogens is 366 g/mol. The predicted molar refractivity (Wildman–Crippen MR) is 106 cm³/mol. The van der Waals surface area contributed by atoms with E-state index in [1.165, 1.54) is 0 Å². The van der Waals surface area contributed by atoms with Crippen LogP contribution in [0.3, 0.4) is 0 Å². The molecule has 134 valence electrons. The molecule has 2 saturated carbocycles. The molecule has 0 aliphatic heterocycles. The van der Waals surface area contributed by atoms with Gasteiger partial charge in [0.1, 0.15) is 5.41 Å². The van der Waals surface area contributed by atoms with Crippen LogP contribution in [0.4, 0.5) is 0 Å². The Labute approximate surface area is 169 Å². The Hall–Kier alpha value is -3.06. The third kappa shape index (κ3) is 1.77. The van der Waals surface area contributed by atoms with Crippen molar-refractivity contribution in [3.8, 4) is 18.2 Å². The Balaban J connectivity index is 1.79. The second kappa shape index (κ2) is 5.48. The average molecular weight is 382 g/mol. The van der Waals surface area contributed by atoms with E-state index < -0.39 is 16.2 Å². The molecule has 28 heavy (non-hydrogen) atoms. The summed E-state index contributed by atoms with van der Waals surface area (Å²) in [5.74, 6) is -0.0123. The van der Waals surface area contributed by atoms with E-state index in [2.05, 4.69) is 30.4 Å². The maximum Gasteiger partial charge on any atom is 0.145 e. The molecule has 0 heterocycles. The van der Waals surface area contributed by atoms with Crippen LogP contribution in [0.1, 0.15) is 35.4 Å². The molecule has 4 heteroatoms. The zero-order valence-electron chi connectivity index (χ0n) is 15.1. The first kappa shape index (κ1) is 17.1. The number of nitriles is 3. The van der Waals surface area contributed by atoms with Gasteiger partial charge in [0.05, 0.1) is 23.6 Å². The van der Waals surface area contributed by atoms with E-state index in [4.69, 9.17) is 11.6 Å². The van der Waals surface area contributed by atoms with Crippen LogP contribution in [0, 0.1) is 50.7 Å². The van der Waals surface area contributed by atoms with Gasteiger partial charge in [0, 0.05) is 16.4 Å². The molecule has 5 rings (SSSR count). The molecule has 0 aromatic heterocycles. The summed E-state index contributed by atoms with van der Waals surface area (Å²) in [6.07, 6.45) is 5.08. The van der Waals surface area contributed by atoms with Crippen molar-refractivity contribution in [2.24, 2.45) is 16.7 Å². The molecule has 0 unspecified atom stereocenters. The van der Waals surface area contributed by atoms with Gasteiger partial charge in [-0.15, -0.1) is 0 Å². The smallest absolute Gasteiger partial charge is 0.145 e. The zero-order chi connectivity index (χ0) is 19.6. The minimum Gasteiger partial charge on any atom is -0.197 e. The summed E-state index contributed by atoms with van der Waals surface area (Å²) in [4.78, 5) is 0. The second-order valence-corrected chi connectivity index (χ2v) is 8.64. The van der Waals surface area contributed by atoms with Crippen molar-refractivity contribution in [3.63, 3.8) is 0 Å². The van der Waals surface area contributed by atoms with Crippen molar-refractivity contribution < 1.29 is 0 Å². The van der Waals surface area contributed by atoms with E-state index in [0.717, 1.165) is 16.7 Å². The van der Waals surface area contributed by atoms with Crippen LogP contribution >= 0.6 is 11.6 Å². The third-order valence-electron chi connectivity index (χ3n) is 7.21. The number of benzene rings is 2. The summed E-state index contributed by atoms with van der Waals surface area (Å²) in [6.45, 7) is 0. The molecule has 2 aromatic rings. The number of fused-ring (bicyclic) bond motifs is 2. The van der Waals surface area contributed by atoms with Crippen molar-refractivity contribution in [2.45, 2.75) is 24.2 Å². The van der Waals surface area contributed by atoms with Crippen LogP contribution in [-0.4, -0.2) is 0 Å². The molecule has 0 bridgehead atoms.